The second-order valence-corrected chi connectivity index (χ2v) is 5.50. The number of aliphatic hydroxyl groups excluding tert-OH is 2. The van der Waals surface area contributed by atoms with Crippen LogP contribution in [0.15, 0.2) is 48.5 Å². The minimum atomic E-state index is -0.262. The Hall–Kier alpha value is -2.63. The molecular formula is C19H20N2O3. The van der Waals surface area contributed by atoms with Crippen molar-refractivity contribution in [3.8, 4) is 0 Å². The van der Waals surface area contributed by atoms with Gasteiger partial charge in [0.15, 0.2) is 0 Å². The first-order valence-corrected chi connectivity index (χ1v) is 7.93. The van der Waals surface area contributed by atoms with Gasteiger partial charge in [-0.25, -0.2) is 4.79 Å². The monoisotopic (exact) mass is 324 g/mol. The van der Waals surface area contributed by atoms with Crippen molar-refractivity contribution in [1.29, 1.82) is 0 Å². The zero-order valence-electron chi connectivity index (χ0n) is 13.3. The largest absolute Gasteiger partial charge is 0.395 e. The number of fused-ring (bicyclic) bond motifs is 2. The molecule has 5 heteroatoms. The lowest BCUT2D eigenvalue weighted by Crippen LogP contribution is -2.44. The third-order valence-corrected chi connectivity index (χ3v) is 4.00. The first kappa shape index (κ1) is 16.2. The van der Waals surface area contributed by atoms with Crippen molar-refractivity contribution in [3.05, 3.63) is 59.7 Å². The molecular weight excluding hydrogens is 304 g/mol. The fourth-order valence-electron chi connectivity index (χ4n) is 2.87. The van der Waals surface area contributed by atoms with Crippen molar-refractivity contribution >= 4 is 29.6 Å². The maximum atomic E-state index is 13.2. The van der Waals surface area contributed by atoms with E-state index in [9.17, 15) is 15.0 Å². The minimum Gasteiger partial charge on any atom is -0.395 e. The van der Waals surface area contributed by atoms with Crippen molar-refractivity contribution in [1.82, 2.24) is 4.90 Å². The van der Waals surface area contributed by atoms with Crippen molar-refractivity contribution in [3.63, 3.8) is 0 Å². The van der Waals surface area contributed by atoms with Gasteiger partial charge in [0.05, 0.1) is 24.6 Å². The summed E-state index contributed by atoms with van der Waals surface area (Å²) in [6, 6.07) is 15.1. The summed E-state index contributed by atoms with van der Waals surface area (Å²) in [6.45, 7) is 0.0452. The highest BCUT2D eigenvalue weighted by Gasteiger charge is 2.27. The lowest BCUT2D eigenvalue weighted by atomic mass is 10.1. The fraction of sp³-hybridized carbons (Fsp3) is 0.211. The molecule has 0 saturated carbocycles. The van der Waals surface area contributed by atoms with Crippen LogP contribution in [-0.4, -0.2) is 47.4 Å². The van der Waals surface area contributed by atoms with Crippen LogP contribution >= 0.6 is 0 Å². The smallest absolute Gasteiger partial charge is 0.329 e. The average Bonchev–Trinajstić information content (AvgIpc) is 2.78. The number of hydrogen-bond donors (Lipinski definition) is 2. The van der Waals surface area contributed by atoms with Crippen LogP contribution < -0.4 is 4.90 Å². The Balaban J connectivity index is 2.11. The normalized spacial score (nSPS) is 12.3. The molecule has 5 nitrogen and oxygen atoms in total. The number of urea groups is 1. The van der Waals surface area contributed by atoms with Gasteiger partial charge in [-0.15, -0.1) is 0 Å². The van der Waals surface area contributed by atoms with Gasteiger partial charge in [0, 0.05) is 13.1 Å². The molecule has 124 valence electrons. The summed E-state index contributed by atoms with van der Waals surface area (Å²) in [4.78, 5) is 16.3. The molecule has 1 aliphatic heterocycles. The predicted molar refractivity (Wildman–Crippen MR) is 95.1 cm³/mol. The maximum absolute atomic E-state index is 13.2. The number of para-hydroxylation sites is 2. The van der Waals surface area contributed by atoms with Gasteiger partial charge in [-0.3, -0.25) is 4.90 Å². The Labute approximate surface area is 141 Å². The summed E-state index contributed by atoms with van der Waals surface area (Å²) in [5.41, 5.74) is 3.44. The molecule has 1 aliphatic rings. The van der Waals surface area contributed by atoms with Crippen LogP contribution in [0, 0.1) is 0 Å². The van der Waals surface area contributed by atoms with E-state index in [0.29, 0.717) is 0 Å². The maximum Gasteiger partial charge on any atom is 0.329 e. The van der Waals surface area contributed by atoms with Crippen LogP contribution in [0.2, 0.25) is 0 Å². The van der Waals surface area contributed by atoms with Gasteiger partial charge >= 0.3 is 6.03 Å². The van der Waals surface area contributed by atoms with Crippen LogP contribution in [0.4, 0.5) is 16.2 Å². The summed E-state index contributed by atoms with van der Waals surface area (Å²) in [7, 11) is 0. The molecule has 0 radical (unpaired) electrons. The molecule has 2 amide bonds. The number of anilines is 2. The van der Waals surface area contributed by atoms with Crippen LogP contribution in [0.1, 0.15) is 11.1 Å². The topological polar surface area (TPSA) is 64.0 Å². The second-order valence-electron chi connectivity index (χ2n) is 5.50. The van der Waals surface area contributed by atoms with Crippen molar-refractivity contribution in [2.24, 2.45) is 0 Å². The van der Waals surface area contributed by atoms with E-state index in [1.165, 1.54) is 4.90 Å². The molecule has 24 heavy (non-hydrogen) atoms. The van der Waals surface area contributed by atoms with E-state index in [1.54, 1.807) is 4.90 Å². The number of carbonyl (C=O) groups excluding carboxylic acids is 1. The standard InChI is InChI=1S/C19H20N2O3/c22-13-11-20(12-14-23)19(24)21-17-7-3-1-5-15(17)9-10-16-6-2-4-8-18(16)21/h1-10,22-23H,11-14H2. The van der Waals surface area contributed by atoms with E-state index in [-0.39, 0.29) is 32.3 Å². The molecule has 0 aromatic heterocycles. The zero-order valence-corrected chi connectivity index (χ0v) is 13.3. The van der Waals surface area contributed by atoms with E-state index in [4.69, 9.17) is 0 Å². The Bertz CT molecular complexity index is 702. The van der Waals surface area contributed by atoms with Crippen LogP contribution in [0.5, 0.6) is 0 Å². The van der Waals surface area contributed by atoms with Crippen molar-refractivity contribution in [2.45, 2.75) is 0 Å². The summed E-state index contributed by atoms with van der Waals surface area (Å²) in [5.74, 6) is 0. The van der Waals surface area contributed by atoms with E-state index in [1.807, 2.05) is 60.7 Å². The SMILES string of the molecule is O=C(N(CCO)CCO)N1c2ccccc2C=Cc2ccccc21. The van der Waals surface area contributed by atoms with Gasteiger partial charge in [-0.2, -0.15) is 0 Å². The first-order valence-electron chi connectivity index (χ1n) is 7.93. The van der Waals surface area contributed by atoms with Gasteiger partial charge in [-0.05, 0) is 23.3 Å². The van der Waals surface area contributed by atoms with E-state index in [0.717, 1.165) is 22.5 Å². The number of hydrogen-bond acceptors (Lipinski definition) is 3. The summed E-state index contributed by atoms with van der Waals surface area (Å²) in [6.07, 6.45) is 3.98. The number of benzene rings is 2. The molecule has 3 rings (SSSR count). The number of nitrogens with zero attached hydrogens (tertiary/aromatic N) is 2. The molecule has 0 unspecified atom stereocenters. The van der Waals surface area contributed by atoms with Gasteiger partial charge in [0.1, 0.15) is 0 Å². The van der Waals surface area contributed by atoms with E-state index in [2.05, 4.69) is 0 Å². The molecule has 0 spiro atoms. The quantitative estimate of drug-likeness (QED) is 0.909. The molecule has 2 N–H and O–H groups in total. The highest BCUT2D eigenvalue weighted by atomic mass is 16.3. The van der Waals surface area contributed by atoms with Crippen LogP contribution in [-0.2, 0) is 0 Å². The zero-order chi connectivity index (χ0) is 16.9. The summed E-state index contributed by atoms with van der Waals surface area (Å²) >= 11 is 0. The average molecular weight is 324 g/mol. The summed E-state index contributed by atoms with van der Waals surface area (Å²) in [5, 5.41) is 18.5. The Morgan fingerprint density at radius 1 is 0.833 bits per heavy atom. The van der Waals surface area contributed by atoms with Crippen molar-refractivity contribution < 1.29 is 15.0 Å². The van der Waals surface area contributed by atoms with Gasteiger partial charge in [-0.1, -0.05) is 48.6 Å². The number of aliphatic hydroxyl groups is 2. The third-order valence-electron chi connectivity index (χ3n) is 4.00. The molecule has 1 heterocycles. The third kappa shape index (κ3) is 3.04. The van der Waals surface area contributed by atoms with E-state index >= 15 is 0 Å². The summed E-state index contributed by atoms with van der Waals surface area (Å²) < 4.78 is 0. The highest BCUT2D eigenvalue weighted by Crippen LogP contribution is 2.36. The molecule has 0 atom stereocenters. The number of rotatable bonds is 4. The Kier molecular flexibility index (Phi) is 4.93. The van der Waals surface area contributed by atoms with Crippen molar-refractivity contribution in [2.75, 3.05) is 31.2 Å². The van der Waals surface area contributed by atoms with Gasteiger partial charge < -0.3 is 15.1 Å². The predicted octanol–water partition coefficient (Wildman–Crippen LogP) is 2.72. The molecule has 0 aliphatic carbocycles. The lowest BCUT2D eigenvalue weighted by molar-refractivity contribution is 0.164. The Morgan fingerprint density at radius 2 is 1.29 bits per heavy atom. The molecule has 0 saturated heterocycles. The second kappa shape index (κ2) is 7.29. The molecule has 2 aromatic carbocycles. The van der Waals surface area contributed by atoms with Gasteiger partial charge in [0.2, 0.25) is 0 Å². The molecule has 0 fully saturated rings. The lowest BCUT2D eigenvalue weighted by Gasteiger charge is -2.31. The van der Waals surface area contributed by atoms with Crippen LogP contribution in [0.25, 0.3) is 12.2 Å². The number of amides is 2. The fourth-order valence-corrected chi connectivity index (χ4v) is 2.87. The minimum absolute atomic E-state index is 0.152. The highest BCUT2D eigenvalue weighted by molar-refractivity contribution is 6.05. The van der Waals surface area contributed by atoms with Crippen LogP contribution in [0.3, 0.4) is 0 Å². The number of carbonyl (C=O) groups is 1. The molecule has 0 bridgehead atoms. The van der Waals surface area contributed by atoms with Gasteiger partial charge in [0.25, 0.3) is 0 Å². The first-order chi connectivity index (χ1) is 11.8. The Morgan fingerprint density at radius 3 is 1.75 bits per heavy atom. The van der Waals surface area contributed by atoms with E-state index < -0.39 is 0 Å². The molecule has 2 aromatic rings.